The van der Waals surface area contributed by atoms with Crippen molar-refractivity contribution in [3.63, 3.8) is 0 Å². The number of ether oxygens (including phenoxy) is 1. The summed E-state index contributed by atoms with van der Waals surface area (Å²) >= 11 is 6.00. The topological polar surface area (TPSA) is 55.4 Å². The third kappa shape index (κ3) is 5.30. The molecule has 1 N–H and O–H groups in total. The molecule has 1 aliphatic heterocycles. The number of para-hydroxylation sites is 1. The van der Waals surface area contributed by atoms with E-state index in [2.05, 4.69) is 16.6 Å². The number of hydrogen-bond donors (Lipinski definition) is 1. The first-order chi connectivity index (χ1) is 14.9. The number of halogens is 4. The van der Waals surface area contributed by atoms with Crippen molar-refractivity contribution in [3.05, 3.63) is 77.3 Å². The fourth-order valence-corrected chi connectivity index (χ4v) is 6.60. The molecule has 0 aromatic heterocycles. The van der Waals surface area contributed by atoms with Gasteiger partial charge < -0.3 is 4.74 Å². The molecule has 3 rings (SSSR count). The minimum atomic E-state index is -4.87. The van der Waals surface area contributed by atoms with Gasteiger partial charge in [-0.05, 0) is 36.1 Å². The van der Waals surface area contributed by atoms with Crippen LogP contribution in [-0.4, -0.2) is 25.4 Å². The highest BCUT2D eigenvalue weighted by Gasteiger charge is 2.46. The van der Waals surface area contributed by atoms with Crippen LogP contribution in [-0.2, 0) is 9.84 Å². The fraction of sp³-hybridized carbons (Fsp3) is 0.391. The van der Waals surface area contributed by atoms with E-state index in [1.165, 1.54) is 24.3 Å². The van der Waals surface area contributed by atoms with Crippen molar-refractivity contribution < 1.29 is 26.3 Å². The van der Waals surface area contributed by atoms with Gasteiger partial charge in [0.25, 0.3) is 0 Å². The SMILES string of the molecule is C=CC(C(C)C)S(=O)(=O)C1CC(c2ccc(Cl)cc2)C(c2ccccc2OC(F)(F)F)N1. The van der Waals surface area contributed by atoms with Gasteiger partial charge in [-0.3, -0.25) is 5.32 Å². The molecule has 0 amide bonds. The van der Waals surface area contributed by atoms with Crippen molar-refractivity contribution in [2.24, 2.45) is 5.92 Å². The van der Waals surface area contributed by atoms with Crippen molar-refractivity contribution in [2.45, 2.75) is 49.2 Å². The Morgan fingerprint density at radius 1 is 1.16 bits per heavy atom. The van der Waals surface area contributed by atoms with Crippen molar-refractivity contribution in [1.29, 1.82) is 0 Å². The smallest absolute Gasteiger partial charge is 0.405 e. The predicted molar refractivity (Wildman–Crippen MR) is 119 cm³/mol. The quantitative estimate of drug-likeness (QED) is 0.486. The van der Waals surface area contributed by atoms with Gasteiger partial charge in [0, 0.05) is 22.5 Å². The molecular formula is C23H25ClF3NO3S. The summed E-state index contributed by atoms with van der Waals surface area (Å²) in [5.74, 6) is -0.977. The maximum absolute atomic E-state index is 13.4. The normalized spacial score (nSPS) is 22.7. The maximum atomic E-state index is 13.4. The lowest BCUT2D eigenvalue weighted by Crippen LogP contribution is -2.40. The maximum Gasteiger partial charge on any atom is 0.573 e. The number of benzene rings is 2. The van der Waals surface area contributed by atoms with Gasteiger partial charge in [-0.2, -0.15) is 0 Å². The second-order valence-electron chi connectivity index (χ2n) is 8.15. The molecule has 4 unspecified atom stereocenters. The van der Waals surface area contributed by atoms with E-state index in [-0.39, 0.29) is 23.7 Å². The Kier molecular flexibility index (Phi) is 7.27. The van der Waals surface area contributed by atoms with E-state index < -0.39 is 38.8 Å². The molecule has 0 bridgehead atoms. The fourth-order valence-electron chi connectivity index (χ4n) is 4.26. The van der Waals surface area contributed by atoms with Crippen LogP contribution >= 0.6 is 11.6 Å². The van der Waals surface area contributed by atoms with Gasteiger partial charge in [-0.15, -0.1) is 19.8 Å². The molecule has 9 heteroatoms. The van der Waals surface area contributed by atoms with Gasteiger partial charge in [0.05, 0.1) is 5.25 Å². The van der Waals surface area contributed by atoms with E-state index in [1.807, 2.05) is 0 Å². The Balaban J connectivity index is 2.07. The molecule has 174 valence electrons. The molecular weight excluding hydrogens is 463 g/mol. The lowest BCUT2D eigenvalue weighted by Gasteiger charge is -2.24. The van der Waals surface area contributed by atoms with Crippen molar-refractivity contribution in [3.8, 4) is 5.75 Å². The summed E-state index contributed by atoms with van der Waals surface area (Å²) in [4.78, 5) is 0. The number of sulfone groups is 1. The Morgan fingerprint density at radius 3 is 2.34 bits per heavy atom. The monoisotopic (exact) mass is 487 g/mol. The summed E-state index contributed by atoms with van der Waals surface area (Å²) in [6.07, 6.45) is -3.28. The molecule has 0 aliphatic carbocycles. The highest BCUT2D eigenvalue weighted by atomic mass is 35.5. The average Bonchev–Trinajstić information content (AvgIpc) is 3.14. The second kappa shape index (κ2) is 9.45. The van der Waals surface area contributed by atoms with Crippen LogP contribution in [0.3, 0.4) is 0 Å². The number of hydrogen-bond acceptors (Lipinski definition) is 4. The van der Waals surface area contributed by atoms with Gasteiger partial charge in [0.2, 0.25) is 0 Å². The lowest BCUT2D eigenvalue weighted by atomic mass is 9.87. The third-order valence-corrected chi connectivity index (χ3v) is 8.55. The number of alkyl halides is 3. The molecule has 0 saturated carbocycles. The van der Waals surface area contributed by atoms with E-state index >= 15 is 0 Å². The Bertz CT molecular complexity index is 1050. The van der Waals surface area contributed by atoms with Crippen molar-refractivity contribution >= 4 is 21.4 Å². The summed E-state index contributed by atoms with van der Waals surface area (Å²) in [6, 6.07) is 11.9. The minimum absolute atomic E-state index is 0.187. The molecule has 1 fully saturated rings. The zero-order valence-electron chi connectivity index (χ0n) is 17.6. The number of rotatable bonds is 7. The standard InChI is InChI=1S/C23H25ClF3NO3S/c1-4-20(14(2)3)32(29,30)21-13-18(15-9-11-16(24)12-10-15)22(28-21)17-7-5-6-8-19(17)31-23(25,26)27/h4-12,14,18,20-22,28H,1,13H2,2-3H3. The number of nitrogens with one attached hydrogen (secondary N) is 1. The Morgan fingerprint density at radius 2 is 1.78 bits per heavy atom. The summed E-state index contributed by atoms with van der Waals surface area (Å²) in [5.41, 5.74) is 1.01. The molecule has 0 radical (unpaired) electrons. The summed E-state index contributed by atoms with van der Waals surface area (Å²) in [6.45, 7) is 7.25. The first-order valence-electron chi connectivity index (χ1n) is 10.2. The first kappa shape index (κ1) is 24.6. The summed E-state index contributed by atoms with van der Waals surface area (Å²) in [7, 11) is -3.71. The van der Waals surface area contributed by atoms with Gasteiger partial charge in [0.1, 0.15) is 11.1 Å². The Labute approximate surface area is 191 Å². The van der Waals surface area contributed by atoms with Crippen molar-refractivity contribution in [1.82, 2.24) is 5.32 Å². The molecule has 1 saturated heterocycles. The van der Waals surface area contributed by atoms with Crippen LogP contribution in [0.5, 0.6) is 5.75 Å². The highest BCUT2D eigenvalue weighted by molar-refractivity contribution is 7.92. The van der Waals surface area contributed by atoms with Crippen LogP contribution in [0.4, 0.5) is 13.2 Å². The van der Waals surface area contributed by atoms with E-state index in [9.17, 15) is 21.6 Å². The second-order valence-corrected chi connectivity index (χ2v) is 10.9. The van der Waals surface area contributed by atoms with Crippen molar-refractivity contribution in [2.75, 3.05) is 0 Å². The van der Waals surface area contributed by atoms with Gasteiger partial charge in [-0.25, -0.2) is 8.42 Å². The predicted octanol–water partition coefficient (Wildman–Crippen LogP) is 6.01. The molecule has 0 spiro atoms. The zero-order valence-corrected chi connectivity index (χ0v) is 19.2. The third-order valence-electron chi connectivity index (χ3n) is 5.68. The molecule has 1 aliphatic rings. The molecule has 32 heavy (non-hydrogen) atoms. The highest BCUT2D eigenvalue weighted by Crippen LogP contribution is 2.46. The summed E-state index contributed by atoms with van der Waals surface area (Å²) < 4.78 is 70.0. The minimum Gasteiger partial charge on any atom is -0.405 e. The van der Waals surface area contributed by atoms with Crippen LogP contribution in [0.1, 0.15) is 43.4 Å². The van der Waals surface area contributed by atoms with Crippen LogP contribution in [0, 0.1) is 5.92 Å². The van der Waals surface area contributed by atoms with E-state index in [0.717, 1.165) is 5.56 Å². The van der Waals surface area contributed by atoms with E-state index in [4.69, 9.17) is 11.6 Å². The molecule has 2 aromatic carbocycles. The van der Waals surface area contributed by atoms with Gasteiger partial charge >= 0.3 is 6.36 Å². The molecule has 2 aromatic rings. The zero-order chi connectivity index (χ0) is 23.7. The van der Waals surface area contributed by atoms with E-state index in [0.29, 0.717) is 5.02 Å². The molecule has 4 atom stereocenters. The molecule has 4 nitrogen and oxygen atoms in total. The summed E-state index contributed by atoms with van der Waals surface area (Å²) in [5, 5.41) is 1.85. The van der Waals surface area contributed by atoms with Crippen LogP contribution < -0.4 is 10.1 Å². The lowest BCUT2D eigenvalue weighted by molar-refractivity contribution is -0.275. The first-order valence-corrected chi connectivity index (χ1v) is 12.1. The Hall–Kier alpha value is -2.03. The van der Waals surface area contributed by atoms with Crippen LogP contribution in [0.2, 0.25) is 5.02 Å². The van der Waals surface area contributed by atoms with Crippen LogP contribution in [0.15, 0.2) is 61.2 Å². The average molecular weight is 488 g/mol. The van der Waals surface area contributed by atoms with E-state index in [1.54, 1.807) is 44.2 Å². The van der Waals surface area contributed by atoms with Gasteiger partial charge in [-0.1, -0.05) is 61.9 Å². The van der Waals surface area contributed by atoms with Gasteiger partial charge in [0.15, 0.2) is 9.84 Å². The molecule has 1 heterocycles. The van der Waals surface area contributed by atoms with Crippen LogP contribution in [0.25, 0.3) is 0 Å². The largest absolute Gasteiger partial charge is 0.573 e.